The number of methoxy groups -OCH3 is 1. The second-order valence-electron chi connectivity index (χ2n) is 27.0. The predicted octanol–water partition coefficient (Wildman–Crippen LogP) is 8.83. The van der Waals surface area contributed by atoms with Crippen LogP contribution in [0.4, 0.5) is 0 Å². The summed E-state index contributed by atoms with van der Waals surface area (Å²) in [6, 6.07) is 55.4. The minimum Gasteiger partial charge on any atom is -0.465 e. The molecular formula is C79H97NO24Si. The number of nitrogens with one attached hydrogen (secondary N) is 1. The topological polar surface area (TPSA) is 292 Å². The highest BCUT2D eigenvalue weighted by molar-refractivity contribution is 6.76. The summed E-state index contributed by atoms with van der Waals surface area (Å²) in [4.78, 5) is 81.7. The number of aliphatic hydroxyl groups excluding tert-OH is 1. The number of hydrogen-bond donors (Lipinski definition) is 2. The molecule has 0 radical (unpaired) electrons. The predicted molar refractivity (Wildman–Crippen MR) is 380 cm³/mol. The number of hydrogen-bond acceptors (Lipinski definition) is 24. The zero-order valence-electron chi connectivity index (χ0n) is 60.5. The van der Waals surface area contributed by atoms with Crippen LogP contribution in [0.25, 0.3) is 0 Å². The number of carbonyl (C=O) groups excluding carboxylic acids is 6. The van der Waals surface area contributed by atoms with E-state index in [9.17, 15) is 29.1 Å². The molecule has 3 aliphatic rings. The van der Waals surface area contributed by atoms with Crippen molar-refractivity contribution in [3.8, 4) is 0 Å². The van der Waals surface area contributed by atoms with Crippen molar-refractivity contribution >= 4 is 43.8 Å². The Labute approximate surface area is 613 Å². The first kappa shape index (κ1) is 80.9. The molecule has 3 aliphatic heterocycles. The van der Waals surface area contributed by atoms with Crippen molar-refractivity contribution in [2.45, 2.75) is 197 Å². The van der Waals surface area contributed by atoms with E-state index in [1.165, 1.54) is 0 Å². The zero-order valence-corrected chi connectivity index (χ0v) is 61.5. The molecule has 2 N–H and O–H groups in total. The van der Waals surface area contributed by atoms with E-state index >= 15 is 4.79 Å². The Bertz CT molecular complexity index is 3620. The molecule has 0 unspecified atom stereocenters. The average Bonchev–Trinajstić information content (AvgIpc) is 0.758. The van der Waals surface area contributed by atoms with Crippen LogP contribution in [-0.4, -0.2) is 187 Å². The standard InChI is InChI=1S/C79H97NO24Si/c1-52(81)92-49-65(99-54(3)83)69(100-55(4)84)71-67(80-66(85)51-90-43-57-29-17-10-18-30-57)62(98-53(2)82)41-79(104-71,78(87)88-5)97-50-63-68(86)72(93-44-58-31-19-11-20-32-58)74(95-46-60-35-23-13-24-36-60)77(101-63)103-70-64(48-89-42-56-27-15-9-16-28-56)102-76(91-39-40-105(6,7)8)75(96-47-61-37-25-14-26-38-61)73(70)94-45-59-33-21-12-22-34-59/h9-38,62-65,67-77,86H,39-51H2,1-8H3,(H,80,85)/t62-,63+,64+,65+,67+,68-,69+,70+,71+,72-,73-,74+,75+,76+,77-,79+/m0/s1. The molecule has 6 aromatic rings. The lowest BCUT2D eigenvalue weighted by atomic mass is 9.87. The van der Waals surface area contributed by atoms with Crippen molar-refractivity contribution in [1.82, 2.24) is 5.32 Å². The minimum atomic E-state index is -2.80. The Morgan fingerprint density at radius 3 is 1.45 bits per heavy atom. The van der Waals surface area contributed by atoms with Crippen molar-refractivity contribution in [3.63, 3.8) is 0 Å². The maximum absolute atomic E-state index is 15.1. The summed E-state index contributed by atoms with van der Waals surface area (Å²) in [5.41, 5.74) is 4.73. The molecule has 0 bridgehead atoms. The highest BCUT2D eigenvalue weighted by Gasteiger charge is 2.61. The van der Waals surface area contributed by atoms with Gasteiger partial charge in [0.25, 0.3) is 5.79 Å². The highest BCUT2D eigenvalue weighted by Crippen LogP contribution is 2.41. The molecule has 0 saturated carbocycles. The fourth-order valence-corrected chi connectivity index (χ4v) is 13.1. The Balaban J connectivity index is 1.16. The van der Waals surface area contributed by atoms with Gasteiger partial charge in [0.1, 0.15) is 74.3 Å². The molecule has 3 saturated heterocycles. The van der Waals surface area contributed by atoms with E-state index < -0.39 is 168 Å². The summed E-state index contributed by atoms with van der Waals surface area (Å²) in [6.45, 7) is 9.16. The molecule has 0 spiro atoms. The lowest BCUT2D eigenvalue weighted by molar-refractivity contribution is -0.380. The summed E-state index contributed by atoms with van der Waals surface area (Å²) in [5, 5.41) is 16.0. The summed E-state index contributed by atoms with van der Waals surface area (Å²) >= 11 is 0. The van der Waals surface area contributed by atoms with E-state index in [0.717, 1.165) is 68.7 Å². The Morgan fingerprint density at radius 1 is 0.524 bits per heavy atom. The molecule has 26 heteroatoms. The molecule has 0 aromatic heterocycles. The van der Waals surface area contributed by atoms with Crippen LogP contribution in [0.2, 0.25) is 25.7 Å². The minimum absolute atomic E-state index is 0.00360. The van der Waals surface area contributed by atoms with Gasteiger partial charge in [0.15, 0.2) is 24.8 Å². The number of amides is 1. The Kier molecular flexibility index (Phi) is 31.2. The molecule has 9 rings (SSSR count). The van der Waals surface area contributed by atoms with Crippen molar-refractivity contribution in [3.05, 3.63) is 215 Å². The third-order valence-electron chi connectivity index (χ3n) is 17.4. The fourth-order valence-electron chi connectivity index (χ4n) is 12.3. The van der Waals surface area contributed by atoms with E-state index in [1.807, 2.05) is 158 Å². The van der Waals surface area contributed by atoms with Crippen LogP contribution in [0.3, 0.4) is 0 Å². The number of carbonyl (C=O) groups is 6. The maximum Gasteiger partial charge on any atom is 0.366 e. The third-order valence-corrected chi connectivity index (χ3v) is 19.2. The van der Waals surface area contributed by atoms with Crippen LogP contribution in [-0.2, 0) is 149 Å². The second-order valence-corrected chi connectivity index (χ2v) is 32.6. The van der Waals surface area contributed by atoms with Gasteiger partial charge >= 0.3 is 29.8 Å². The van der Waals surface area contributed by atoms with Gasteiger partial charge in [-0.05, 0) is 39.4 Å². The molecule has 16 atom stereocenters. The molecular weight excluding hydrogens is 1370 g/mol. The van der Waals surface area contributed by atoms with Gasteiger partial charge < -0.3 is 90.9 Å². The van der Waals surface area contributed by atoms with Gasteiger partial charge in [-0.3, -0.25) is 24.0 Å². The van der Waals surface area contributed by atoms with Crippen LogP contribution < -0.4 is 5.32 Å². The average molecular weight is 1470 g/mol. The van der Waals surface area contributed by atoms with Crippen LogP contribution in [0, 0.1) is 0 Å². The van der Waals surface area contributed by atoms with Gasteiger partial charge in [0.2, 0.25) is 5.91 Å². The molecule has 6 aromatic carbocycles. The number of rotatable bonds is 38. The van der Waals surface area contributed by atoms with E-state index in [0.29, 0.717) is 12.2 Å². The van der Waals surface area contributed by atoms with E-state index in [2.05, 4.69) is 25.0 Å². The van der Waals surface area contributed by atoms with Crippen LogP contribution in [0.15, 0.2) is 182 Å². The summed E-state index contributed by atoms with van der Waals surface area (Å²) in [5.74, 6) is -8.60. The molecule has 3 heterocycles. The second kappa shape index (κ2) is 40.5. The molecule has 105 heavy (non-hydrogen) atoms. The first-order valence-electron chi connectivity index (χ1n) is 35.1. The van der Waals surface area contributed by atoms with Gasteiger partial charge in [-0.25, -0.2) is 4.79 Å². The largest absolute Gasteiger partial charge is 0.465 e. The summed E-state index contributed by atoms with van der Waals surface area (Å²) in [6.07, 6.45) is -21.2. The van der Waals surface area contributed by atoms with Gasteiger partial charge in [-0.2, -0.15) is 0 Å². The molecule has 1 amide bonds. The SMILES string of the molecule is COC(=O)[C@@]1(OC[C@H]2O[C@@H](O[C@H]3[C@H](OCc4ccccc4)[C@@H](OCc4ccccc4)[C@H](OCC[Si](C)(C)C)O[C@@H]3COCc3ccccc3)[C@H](OCc3ccccc3)[C@@H](OCc3ccccc3)[C@H]2O)C[C@H](OC(C)=O)[C@@H](NC(=O)COCc2ccccc2)[C@H]([C@H](OC(C)=O)[C@@H](COC(C)=O)OC(C)=O)O1. The zero-order chi connectivity index (χ0) is 74.7. The van der Waals surface area contributed by atoms with Crippen LogP contribution in [0.5, 0.6) is 0 Å². The van der Waals surface area contributed by atoms with Crippen molar-refractivity contribution in [2.24, 2.45) is 0 Å². The quantitative estimate of drug-likeness (QED) is 0.0208. The van der Waals surface area contributed by atoms with Crippen LogP contribution >= 0.6 is 0 Å². The summed E-state index contributed by atoms with van der Waals surface area (Å²) in [7, 11) is -0.686. The smallest absolute Gasteiger partial charge is 0.366 e. The van der Waals surface area contributed by atoms with Gasteiger partial charge in [-0.15, -0.1) is 0 Å². The highest BCUT2D eigenvalue weighted by atomic mass is 28.3. The Morgan fingerprint density at radius 2 is 0.981 bits per heavy atom. The maximum atomic E-state index is 15.1. The molecule has 0 aliphatic carbocycles. The van der Waals surface area contributed by atoms with Crippen molar-refractivity contribution < 1.29 is 114 Å². The van der Waals surface area contributed by atoms with Gasteiger partial charge in [0.05, 0.1) is 72.4 Å². The van der Waals surface area contributed by atoms with Crippen LogP contribution in [0.1, 0.15) is 67.5 Å². The Hall–Kier alpha value is -8.16. The van der Waals surface area contributed by atoms with E-state index in [1.54, 1.807) is 24.3 Å². The first-order valence-corrected chi connectivity index (χ1v) is 38.8. The first-order chi connectivity index (χ1) is 50.6. The fraction of sp³-hybridized carbons (Fsp3) is 0.468. The normalized spacial score (nSPS) is 25.2. The van der Waals surface area contributed by atoms with E-state index in [-0.39, 0.29) is 46.2 Å². The number of esters is 5. The monoisotopic (exact) mass is 1470 g/mol. The van der Waals surface area contributed by atoms with Crippen molar-refractivity contribution in [1.29, 1.82) is 0 Å². The molecule has 25 nitrogen and oxygen atoms in total. The third kappa shape index (κ3) is 25.0. The molecule has 3 fully saturated rings. The number of benzene rings is 6. The molecule has 566 valence electrons. The summed E-state index contributed by atoms with van der Waals surface area (Å²) < 4.78 is 111. The van der Waals surface area contributed by atoms with Gasteiger partial charge in [0, 0.05) is 42.4 Å². The van der Waals surface area contributed by atoms with E-state index in [4.69, 9.17) is 80.5 Å². The lowest BCUT2D eigenvalue weighted by Crippen LogP contribution is -2.70. The van der Waals surface area contributed by atoms with Crippen molar-refractivity contribution in [2.75, 3.05) is 40.1 Å². The number of ether oxygens (including phenoxy) is 17. The number of aliphatic hydroxyl groups is 1. The lowest BCUT2D eigenvalue weighted by Gasteiger charge is -2.50. The van der Waals surface area contributed by atoms with Gasteiger partial charge in [-0.1, -0.05) is 202 Å².